The number of piperazine rings is 1. The third-order valence-corrected chi connectivity index (χ3v) is 5.17. The molecule has 2 heterocycles. The van der Waals surface area contributed by atoms with E-state index >= 15 is 0 Å². The molecule has 5 nitrogen and oxygen atoms in total. The Morgan fingerprint density at radius 1 is 1.04 bits per heavy atom. The maximum atomic E-state index is 12.9. The van der Waals surface area contributed by atoms with Gasteiger partial charge in [-0.05, 0) is 54.4 Å². The fraction of sp³-hybridized carbons (Fsp3) is 0.450. The maximum absolute atomic E-state index is 12.9. The van der Waals surface area contributed by atoms with Crippen LogP contribution in [0.15, 0.2) is 35.0 Å². The van der Waals surface area contributed by atoms with E-state index in [-0.39, 0.29) is 5.91 Å². The number of thiophene rings is 1. The summed E-state index contributed by atoms with van der Waals surface area (Å²) in [4.78, 5) is 17.2. The molecule has 1 amide bonds. The third kappa shape index (κ3) is 4.56. The molecule has 1 aromatic heterocycles. The Morgan fingerprint density at radius 3 is 2.42 bits per heavy atom. The first-order chi connectivity index (χ1) is 12.7. The first-order valence-electron chi connectivity index (χ1n) is 9.13. The molecular formula is C20H26N2O3S. The van der Waals surface area contributed by atoms with Crippen molar-refractivity contribution in [3.8, 4) is 11.5 Å². The van der Waals surface area contributed by atoms with Crippen LogP contribution in [-0.4, -0.2) is 55.1 Å². The van der Waals surface area contributed by atoms with Crippen molar-refractivity contribution < 1.29 is 14.3 Å². The molecule has 6 heteroatoms. The number of hydrogen-bond acceptors (Lipinski definition) is 5. The average Bonchev–Trinajstić information content (AvgIpc) is 3.17. The Balaban J connectivity index is 1.61. The van der Waals surface area contributed by atoms with E-state index in [0.29, 0.717) is 30.3 Å². The second-order valence-corrected chi connectivity index (χ2v) is 7.01. The molecule has 26 heavy (non-hydrogen) atoms. The smallest absolute Gasteiger partial charge is 0.254 e. The maximum Gasteiger partial charge on any atom is 0.254 e. The van der Waals surface area contributed by atoms with Crippen LogP contribution in [0.2, 0.25) is 0 Å². The molecule has 1 saturated heterocycles. The van der Waals surface area contributed by atoms with Crippen LogP contribution in [0, 0.1) is 0 Å². The largest absolute Gasteiger partial charge is 0.490 e. The Bertz CT molecular complexity index is 710. The lowest BCUT2D eigenvalue weighted by molar-refractivity contribution is 0.0628. The molecule has 1 aliphatic heterocycles. The number of carbonyl (C=O) groups excluding carboxylic acids is 1. The molecule has 1 aromatic carbocycles. The number of hydrogen-bond donors (Lipinski definition) is 0. The van der Waals surface area contributed by atoms with Crippen LogP contribution < -0.4 is 9.47 Å². The molecule has 1 aliphatic rings. The zero-order chi connectivity index (χ0) is 18.4. The van der Waals surface area contributed by atoms with E-state index in [1.807, 2.05) is 30.9 Å². The summed E-state index contributed by atoms with van der Waals surface area (Å²) in [7, 11) is 0. The average molecular weight is 375 g/mol. The van der Waals surface area contributed by atoms with Gasteiger partial charge in [0.25, 0.3) is 5.91 Å². The van der Waals surface area contributed by atoms with Gasteiger partial charge in [-0.3, -0.25) is 9.69 Å². The lowest BCUT2D eigenvalue weighted by Crippen LogP contribution is -2.48. The molecular weight excluding hydrogens is 348 g/mol. The summed E-state index contributed by atoms with van der Waals surface area (Å²) in [5.74, 6) is 1.38. The van der Waals surface area contributed by atoms with Crippen molar-refractivity contribution in [2.45, 2.75) is 20.4 Å². The second kappa shape index (κ2) is 9.05. The normalized spacial score (nSPS) is 15.1. The highest BCUT2D eigenvalue weighted by molar-refractivity contribution is 7.07. The van der Waals surface area contributed by atoms with E-state index < -0.39 is 0 Å². The van der Waals surface area contributed by atoms with Gasteiger partial charge >= 0.3 is 0 Å². The molecule has 0 unspecified atom stereocenters. The number of rotatable bonds is 7. The van der Waals surface area contributed by atoms with Gasteiger partial charge in [0.15, 0.2) is 11.5 Å². The van der Waals surface area contributed by atoms with E-state index in [4.69, 9.17) is 9.47 Å². The van der Waals surface area contributed by atoms with Gasteiger partial charge in [-0.1, -0.05) is 0 Å². The van der Waals surface area contributed by atoms with Crippen LogP contribution in [0.1, 0.15) is 29.8 Å². The van der Waals surface area contributed by atoms with Crippen LogP contribution in [0.4, 0.5) is 0 Å². The van der Waals surface area contributed by atoms with Crippen LogP contribution in [0.5, 0.6) is 11.5 Å². The van der Waals surface area contributed by atoms with Gasteiger partial charge in [-0.25, -0.2) is 0 Å². The molecule has 0 atom stereocenters. The van der Waals surface area contributed by atoms with Crippen molar-refractivity contribution in [1.29, 1.82) is 0 Å². The Labute approximate surface area is 159 Å². The number of ether oxygens (including phenoxy) is 2. The fourth-order valence-electron chi connectivity index (χ4n) is 3.12. The van der Waals surface area contributed by atoms with Crippen LogP contribution in [-0.2, 0) is 6.54 Å². The van der Waals surface area contributed by atoms with E-state index in [0.717, 1.165) is 32.7 Å². The number of benzene rings is 1. The lowest BCUT2D eigenvalue weighted by atomic mass is 10.1. The summed E-state index contributed by atoms with van der Waals surface area (Å²) in [6.07, 6.45) is 0. The third-order valence-electron chi connectivity index (χ3n) is 4.44. The minimum atomic E-state index is 0.0594. The van der Waals surface area contributed by atoms with Gasteiger partial charge < -0.3 is 14.4 Å². The van der Waals surface area contributed by atoms with Crippen LogP contribution >= 0.6 is 11.3 Å². The topological polar surface area (TPSA) is 42.0 Å². The fourth-order valence-corrected chi connectivity index (χ4v) is 3.78. The molecule has 0 aliphatic carbocycles. The predicted octanol–water partition coefficient (Wildman–Crippen LogP) is 3.50. The molecule has 0 bridgehead atoms. The van der Waals surface area contributed by atoms with E-state index in [1.165, 1.54) is 5.56 Å². The van der Waals surface area contributed by atoms with Crippen molar-refractivity contribution in [1.82, 2.24) is 9.80 Å². The highest BCUT2D eigenvalue weighted by Crippen LogP contribution is 2.29. The van der Waals surface area contributed by atoms with E-state index in [9.17, 15) is 4.79 Å². The molecule has 0 N–H and O–H groups in total. The standard InChI is InChI=1S/C20H26N2O3S/c1-3-24-18-6-5-17(13-19(18)25-4-2)20(23)22-10-8-21(9-11-22)14-16-7-12-26-15-16/h5-7,12-13,15H,3-4,8-11,14H2,1-2H3. The number of nitrogens with zero attached hydrogens (tertiary/aromatic N) is 2. The number of carbonyl (C=O) groups is 1. The molecule has 0 spiro atoms. The molecule has 140 valence electrons. The summed E-state index contributed by atoms with van der Waals surface area (Å²) >= 11 is 1.73. The summed E-state index contributed by atoms with van der Waals surface area (Å²) in [6, 6.07) is 7.62. The first-order valence-corrected chi connectivity index (χ1v) is 10.1. The van der Waals surface area contributed by atoms with E-state index in [2.05, 4.69) is 21.7 Å². The second-order valence-electron chi connectivity index (χ2n) is 6.23. The van der Waals surface area contributed by atoms with Crippen molar-refractivity contribution in [2.75, 3.05) is 39.4 Å². The Kier molecular flexibility index (Phi) is 6.52. The highest BCUT2D eigenvalue weighted by Gasteiger charge is 2.23. The van der Waals surface area contributed by atoms with E-state index in [1.54, 1.807) is 17.4 Å². The molecule has 0 radical (unpaired) electrons. The van der Waals surface area contributed by atoms with Crippen LogP contribution in [0.3, 0.4) is 0 Å². The van der Waals surface area contributed by atoms with Gasteiger partial charge in [0.05, 0.1) is 13.2 Å². The van der Waals surface area contributed by atoms with Gasteiger partial charge in [-0.15, -0.1) is 0 Å². The molecule has 3 rings (SSSR count). The SMILES string of the molecule is CCOc1ccc(C(=O)N2CCN(Cc3ccsc3)CC2)cc1OCC. The minimum absolute atomic E-state index is 0.0594. The lowest BCUT2D eigenvalue weighted by Gasteiger charge is -2.34. The molecule has 0 saturated carbocycles. The highest BCUT2D eigenvalue weighted by atomic mass is 32.1. The summed E-state index contributed by atoms with van der Waals surface area (Å²) < 4.78 is 11.2. The van der Waals surface area contributed by atoms with Crippen molar-refractivity contribution >= 4 is 17.2 Å². The predicted molar refractivity (Wildman–Crippen MR) is 104 cm³/mol. The number of amides is 1. The summed E-state index contributed by atoms with van der Waals surface area (Å²) in [6.45, 7) is 9.23. The molecule has 1 fully saturated rings. The Morgan fingerprint density at radius 2 is 1.77 bits per heavy atom. The summed E-state index contributed by atoms with van der Waals surface area (Å²) in [5.41, 5.74) is 2.01. The first kappa shape index (κ1) is 18.7. The molecule has 2 aromatic rings. The quantitative estimate of drug-likeness (QED) is 0.744. The van der Waals surface area contributed by atoms with Crippen molar-refractivity contribution in [3.05, 3.63) is 46.2 Å². The zero-order valence-electron chi connectivity index (χ0n) is 15.4. The summed E-state index contributed by atoms with van der Waals surface area (Å²) in [5, 5.41) is 4.30. The van der Waals surface area contributed by atoms with Crippen molar-refractivity contribution in [3.63, 3.8) is 0 Å². The zero-order valence-corrected chi connectivity index (χ0v) is 16.3. The Hall–Kier alpha value is -2.05. The van der Waals surface area contributed by atoms with Gasteiger partial charge in [0, 0.05) is 38.3 Å². The van der Waals surface area contributed by atoms with Gasteiger partial charge in [0.1, 0.15) is 0 Å². The van der Waals surface area contributed by atoms with Crippen molar-refractivity contribution in [2.24, 2.45) is 0 Å². The monoisotopic (exact) mass is 374 g/mol. The minimum Gasteiger partial charge on any atom is -0.490 e. The van der Waals surface area contributed by atoms with Crippen LogP contribution in [0.25, 0.3) is 0 Å². The van der Waals surface area contributed by atoms with Gasteiger partial charge in [0.2, 0.25) is 0 Å². The van der Waals surface area contributed by atoms with Gasteiger partial charge in [-0.2, -0.15) is 11.3 Å².